The number of nitrogens with zero attached hydrogens (tertiary/aromatic N) is 1. The Morgan fingerprint density at radius 1 is 1.45 bits per heavy atom. The fraction of sp³-hybridized carbons (Fsp3) is 0.286. The molecule has 3 nitrogen and oxygen atoms in total. The lowest BCUT2D eigenvalue weighted by Crippen LogP contribution is -2.08. The first-order valence-electron chi connectivity index (χ1n) is 3.14. The first-order valence-corrected chi connectivity index (χ1v) is 3.93. The van der Waals surface area contributed by atoms with Crippen molar-refractivity contribution < 1.29 is 10.2 Å². The summed E-state index contributed by atoms with van der Waals surface area (Å²) in [4.78, 5) is 3.87. The summed E-state index contributed by atoms with van der Waals surface area (Å²) in [7, 11) is 0. The van der Waals surface area contributed by atoms with Gasteiger partial charge in [-0.2, -0.15) is 0 Å². The first-order chi connectivity index (χ1) is 5.18. The highest BCUT2D eigenvalue weighted by Gasteiger charge is 2.00. The number of aliphatic hydroxyl groups is 2. The molecular weight excluding hydrogens is 210 g/mol. The van der Waals surface area contributed by atoms with Crippen LogP contribution in [0.1, 0.15) is 5.56 Å². The van der Waals surface area contributed by atoms with Crippen LogP contribution in [0.3, 0.4) is 0 Å². The fourth-order valence-corrected chi connectivity index (χ4v) is 1.19. The van der Waals surface area contributed by atoms with Crippen molar-refractivity contribution in [2.24, 2.45) is 0 Å². The molecule has 1 heterocycles. The van der Waals surface area contributed by atoms with Crippen LogP contribution in [0.25, 0.3) is 0 Å². The van der Waals surface area contributed by atoms with Crippen LogP contribution in [-0.2, 0) is 6.42 Å². The normalized spacial score (nSPS) is 10.5. The minimum absolute atomic E-state index is 0.215. The SMILES string of the molecule is OC(O)Cc1cncc(Br)c1. The highest BCUT2D eigenvalue weighted by atomic mass is 79.9. The van der Waals surface area contributed by atoms with E-state index in [-0.39, 0.29) is 6.42 Å². The molecule has 1 aromatic heterocycles. The number of aromatic nitrogens is 1. The maximum absolute atomic E-state index is 8.61. The molecule has 2 N–H and O–H groups in total. The maximum atomic E-state index is 8.61. The summed E-state index contributed by atoms with van der Waals surface area (Å²) < 4.78 is 0.843. The number of hydrogen-bond donors (Lipinski definition) is 2. The standard InChI is InChI=1S/C7H8BrNO2/c8-6-1-5(2-7(10)11)3-9-4-6/h1,3-4,7,10-11H,2H2. The van der Waals surface area contributed by atoms with Crippen molar-refractivity contribution in [2.75, 3.05) is 0 Å². The molecule has 1 aromatic rings. The van der Waals surface area contributed by atoms with Crippen LogP contribution in [0.2, 0.25) is 0 Å². The van der Waals surface area contributed by atoms with E-state index in [1.54, 1.807) is 18.5 Å². The summed E-state index contributed by atoms with van der Waals surface area (Å²) >= 11 is 3.23. The van der Waals surface area contributed by atoms with Gasteiger partial charge in [-0.15, -0.1) is 0 Å². The lowest BCUT2D eigenvalue weighted by Gasteiger charge is -2.02. The summed E-state index contributed by atoms with van der Waals surface area (Å²) in [5.74, 6) is 0. The first kappa shape index (κ1) is 8.64. The quantitative estimate of drug-likeness (QED) is 0.718. The van der Waals surface area contributed by atoms with E-state index in [9.17, 15) is 0 Å². The van der Waals surface area contributed by atoms with Gasteiger partial charge in [0, 0.05) is 23.3 Å². The van der Waals surface area contributed by atoms with Gasteiger partial charge in [0.15, 0.2) is 6.29 Å². The molecule has 0 fully saturated rings. The van der Waals surface area contributed by atoms with E-state index in [4.69, 9.17) is 10.2 Å². The van der Waals surface area contributed by atoms with Gasteiger partial charge in [-0.25, -0.2) is 0 Å². The summed E-state index contributed by atoms with van der Waals surface area (Å²) in [6.07, 6.45) is 2.16. The van der Waals surface area contributed by atoms with Crippen LogP contribution >= 0.6 is 15.9 Å². The van der Waals surface area contributed by atoms with Crippen molar-refractivity contribution in [1.82, 2.24) is 4.98 Å². The molecule has 0 amide bonds. The molecule has 1 rings (SSSR count). The van der Waals surface area contributed by atoms with Crippen molar-refractivity contribution in [1.29, 1.82) is 0 Å². The van der Waals surface area contributed by atoms with Gasteiger partial charge in [0.05, 0.1) is 0 Å². The monoisotopic (exact) mass is 217 g/mol. The largest absolute Gasteiger partial charge is 0.368 e. The third kappa shape index (κ3) is 2.96. The van der Waals surface area contributed by atoms with Gasteiger partial charge in [0.25, 0.3) is 0 Å². The summed E-state index contributed by atoms with van der Waals surface area (Å²) in [5, 5.41) is 17.2. The van der Waals surface area contributed by atoms with Crippen LogP contribution in [0.15, 0.2) is 22.9 Å². The zero-order valence-corrected chi connectivity index (χ0v) is 7.32. The lowest BCUT2D eigenvalue weighted by atomic mass is 10.2. The Hall–Kier alpha value is -0.450. The predicted molar refractivity (Wildman–Crippen MR) is 43.9 cm³/mol. The van der Waals surface area contributed by atoms with Crippen LogP contribution in [-0.4, -0.2) is 21.5 Å². The summed E-state index contributed by atoms with van der Waals surface area (Å²) in [6.45, 7) is 0. The molecule has 0 saturated carbocycles. The van der Waals surface area contributed by atoms with Crippen LogP contribution < -0.4 is 0 Å². The van der Waals surface area contributed by atoms with Crippen molar-refractivity contribution in [3.05, 3.63) is 28.5 Å². The molecule has 0 spiro atoms. The van der Waals surface area contributed by atoms with Gasteiger partial charge in [-0.05, 0) is 27.6 Å². The lowest BCUT2D eigenvalue weighted by molar-refractivity contribution is -0.0382. The van der Waals surface area contributed by atoms with Crippen molar-refractivity contribution in [3.63, 3.8) is 0 Å². The Morgan fingerprint density at radius 2 is 2.18 bits per heavy atom. The third-order valence-corrected chi connectivity index (χ3v) is 1.61. The molecule has 0 bridgehead atoms. The second-order valence-corrected chi connectivity index (χ2v) is 3.11. The Kier molecular flexibility index (Phi) is 2.99. The Morgan fingerprint density at radius 3 is 2.73 bits per heavy atom. The molecule has 0 atom stereocenters. The van der Waals surface area contributed by atoms with E-state index in [0.717, 1.165) is 10.0 Å². The van der Waals surface area contributed by atoms with E-state index in [2.05, 4.69) is 20.9 Å². The molecule has 0 unspecified atom stereocenters. The Balaban J connectivity index is 2.71. The molecule has 0 aliphatic heterocycles. The predicted octanol–water partition coefficient (Wildman–Crippen LogP) is 0.697. The summed E-state index contributed by atoms with van der Waals surface area (Å²) in [5.41, 5.74) is 0.800. The van der Waals surface area contributed by atoms with Gasteiger partial charge in [0.2, 0.25) is 0 Å². The second kappa shape index (κ2) is 3.80. The molecule has 60 valence electrons. The number of rotatable bonds is 2. The number of aliphatic hydroxyl groups excluding tert-OH is 1. The fourth-order valence-electron chi connectivity index (χ4n) is 0.778. The maximum Gasteiger partial charge on any atom is 0.155 e. The van der Waals surface area contributed by atoms with Gasteiger partial charge < -0.3 is 10.2 Å². The van der Waals surface area contributed by atoms with Gasteiger partial charge in [-0.3, -0.25) is 4.98 Å². The highest BCUT2D eigenvalue weighted by molar-refractivity contribution is 9.10. The molecule has 0 radical (unpaired) electrons. The molecule has 0 aliphatic rings. The van der Waals surface area contributed by atoms with E-state index in [0.29, 0.717) is 0 Å². The van der Waals surface area contributed by atoms with Crippen molar-refractivity contribution in [3.8, 4) is 0 Å². The number of hydrogen-bond acceptors (Lipinski definition) is 3. The molecule has 4 heteroatoms. The Bertz CT molecular complexity index is 240. The zero-order chi connectivity index (χ0) is 8.27. The molecular formula is C7H8BrNO2. The molecule has 0 aliphatic carbocycles. The van der Waals surface area contributed by atoms with Crippen molar-refractivity contribution >= 4 is 15.9 Å². The molecule has 0 aromatic carbocycles. The zero-order valence-electron chi connectivity index (χ0n) is 5.74. The van der Waals surface area contributed by atoms with Gasteiger partial charge in [0.1, 0.15) is 0 Å². The average Bonchev–Trinajstić information content (AvgIpc) is 1.85. The minimum atomic E-state index is -1.30. The Labute approximate surface area is 72.8 Å². The van der Waals surface area contributed by atoms with Gasteiger partial charge in [-0.1, -0.05) is 0 Å². The van der Waals surface area contributed by atoms with Crippen LogP contribution in [0, 0.1) is 0 Å². The van der Waals surface area contributed by atoms with Crippen molar-refractivity contribution in [2.45, 2.75) is 12.7 Å². The average molecular weight is 218 g/mol. The second-order valence-electron chi connectivity index (χ2n) is 2.20. The highest BCUT2D eigenvalue weighted by Crippen LogP contribution is 2.10. The molecule has 0 saturated heterocycles. The van der Waals surface area contributed by atoms with E-state index in [1.807, 2.05) is 0 Å². The van der Waals surface area contributed by atoms with E-state index in [1.165, 1.54) is 0 Å². The number of pyridine rings is 1. The topological polar surface area (TPSA) is 53.4 Å². The number of halogens is 1. The minimum Gasteiger partial charge on any atom is -0.368 e. The van der Waals surface area contributed by atoms with Crippen LogP contribution in [0.5, 0.6) is 0 Å². The third-order valence-electron chi connectivity index (χ3n) is 1.18. The van der Waals surface area contributed by atoms with E-state index < -0.39 is 6.29 Å². The van der Waals surface area contributed by atoms with E-state index >= 15 is 0 Å². The van der Waals surface area contributed by atoms with Crippen LogP contribution in [0.4, 0.5) is 0 Å². The smallest absolute Gasteiger partial charge is 0.155 e. The summed E-state index contributed by atoms with van der Waals surface area (Å²) in [6, 6.07) is 1.80. The molecule has 11 heavy (non-hydrogen) atoms. The van der Waals surface area contributed by atoms with Gasteiger partial charge >= 0.3 is 0 Å².